The third-order valence-corrected chi connectivity index (χ3v) is 2.91. The highest BCUT2D eigenvalue weighted by Crippen LogP contribution is 2.16. The van der Waals surface area contributed by atoms with Gasteiger partial charge in [0.25, 0.3) is 0 Å². The average molecular weight is 268 g/mol. The lowest BCUT2D eigenvalue weighted by Gasteiger charge is -2.02. The van der Waals surface area contributed by atoms with Gasteiger partial charge in [0.15, 0.2) is 0 Å². The Morgan fingerprint density at radius 2 is 1.84 bits per heavy atom. The zero-order valence-electron chi connectivity index (χ0n) is 11.4. The van der Waals surface area contributed by atoms with Crippen LogP contribution >= 0.6 is 0 Å². The van der Waals surface area contributed by atoms with Crippen LogP contribution in [0.3, 0.4) is 0 Å². The summed E-state index contributed by atoms with van der Waals surface area (Å²) >= 11 is 0. The molecule has 0 atom stereocenters. The normalized spacial score (nSPS) is 10.2. The molecule has 0 radical (unpaired) electrons. The molecule has 0 fully saturated rings. The molecule has 1 heterocycles. The summed E-state index contributed by atoms with van der Waals surface area (Å²) in [5.41, 5.74) is 0.497. The number of aryl methyl sites for hydroxylation is 1. The Labute approximate surface area is 112 Å². The van der Waals surface area contributed by atoms with Crippen molar-refractivity contribution in [1.82, 2.24) is 0 Å². The lowest BCUT2D eigenvalue weighted by Crippen LogP contribution is -2.03. The molecule has 0 saturated carbocycles. The van der Waals surface area contributed by atoms with Gasteiger partial charge in [0.2, 0.25) is 0 Å². The predicted molar refractivity (Wildman–Crippen MR) is 68.9 cm³/mol. The van der Waals surface area contributed by atoms with Crippen molar-refractivity contribution in [1.29, 1.82) is 0 Å². The lowest BCUT2D eigenvalue weighted by atomic mass is 10.1. The molecule has 0 aliphatic heterocycles. The number of esters is 2. The second kappa shape index (κ2) is 8.34. The standard InChI is InChI=1S/C14H20O5/c1-17-13(15)8-6-4-3-5-7-12-11(9-10-19-12)14(16)18-2/h9-10H,3-8H2,1-2H3. The molecular weight excluding hydrogens is 248 g/mol. The van der Waals surface area contributed by atoms with Crippen molar-refractivity contribution < 1.29 is 23.5 Å². The highest BCUT2D eigenvalue weighted by Gasteiger charge is 2.14. The summed E-state index contributed by atoms with van der Waals surface area (Å²) < 4.78 is 14.5. The van der Waals surface area contributed by atoms with Gasteiger partial charge in [0, 0.05) is 12.8 Å². The van der Waals surface area contributed by atoms with Crippen LogP contribution in [0, 0.1) is 0 Å². The van der Waals surface area contributed by atoms with Crippen molar-refractivity contribution in [3.05, 3.63) is 23.7 Å². The fraction of sp³-hybridized carbons (Fsp3) is 0.571. The maximum absolute atomic E-state index is 11.4. The topological polar surface area (TPSA) is 65.7 Å². The fourth-order valence-electron chi connectivity index (χ4n) is 1.84. The van der Waals surface area contributed by atoms with E-state index in [0.717, 1.165) is 25.7 Å². The molecule has 0 unspecified atom stereocenters. The molecule has 0 N–H and O–H groups in total. The van der Waals surface area contributed by atoms with E-state index >= 15 is 0 Å². The SMILES string of the molecule is COC(=O)CCCCCCc1occc1C(=O)OC. The molecule has 0 aliphatic rings. The minimum absolute atomic E-state index is 0.168. The van der Waals surface area contributed by atoms with E-state index in [1.807, 2.05) is 0 Å². The van der Waals surface area contributed by atoms with E-state index in [4.69, 9.17) is 4.42 Å². The maximum Gasteiger partial charge on any atom is 0.341 e. The largest absolute Gasteiger partial charge is 0.469 e. The number of carbonyl (C=O) groups excluding carboxylic acids is 2. The van der Waals surface area contributed by atoms with Crippen LogP contribution in [-0.4, -0.2) is 26.2 Å². The number of ether oxygens (including phenoxy) is 2. The van der Waals surface area contributed by atoms with Crippen LogP contribution < -0.4 is 0 Å². The van der Waals surface area contributed by atoms with Gasteiger partial charge >= 0.3 is 11.9 Å². The second-order valence-corrected chi connectivity index (χ2v) is 4.24. The Kier molecular flexibility index (Phi) is 6.71. The zero-order valence-corrected chi connectivity index (χ0v) is 11.4. The van der Waals surface area contributed by atoms with Crippen molar-refractivity contribution in [2.24, 2.45) is 0 Å². The lowest BCUT2D eigenvalue weighted by molar-refractivity contribution is -0.140. The van der Waals surface area contributed by atoms with E-state index in [-0.39, 0.29) is 11.9 Å². The molecule has 0 amide bonds. The number of unbranched alkanes of at least 4 members (excludes halogenated alkanes) is 3. The van der Waals surface area contributed by atoms with Crippen LogP contribution in [0.2, 0.25) is 0 Å². The molecule has 0 aromatic carbocycles. The molecule has 1 aromatic heterocycles. The van der Waals surface area contributed by atoms with E-state index in [9.17, 15) is 9.59 Å². The summed E-state index contributed by atoms with van der Waals surface area (Å²) in [4.78, 5) is 22.3. The Bertz CT molecular complexity index is 408. The molecular formula is C14H20O5. The van der Waals surface area contributed by atoms with Gasteiger partial charge < -0.3 is 13.9 Å². The monoisotopic (exact) mass is 268 g/mol. The van der Waals surface area contributed by atoms with E-state index in [2.05, 4.69) is 9.47 Å². The maximum atomic E-state index is 11.4. The van der Waals surface area contributed by atoms with Crippen molar-refractivity contribution in [3.63, 3.8) is 0 Å². The number of hydrogen-bond acceptors (Lipinski definition) is 5. The van der Waals surface area contributed by atoms with Crippen molar-refractivity contribution >= 4 is 11.9 Å². The third-order valence-electron chi connectivity index (χ3n) is 2.91. The summed E-state index contributed by atoms with van der Waals surface area (Å²) in [6.45, 7) is 0. The fourth-order valence-corrected chi connectivity index (χ4v) is 1.84. The molecule has 1 aromatic rings. The van der Waals surface area contributed by atoms with Gasteiger partial charge in [-0.15, -0.1) is 0 Å². The zero-order chi connectivity index (χ0) is 14.1. The summed E-state index contributed by atoms with van der Waals surface area (Å²) in [6.07, 6.45) is 6.36. The Balaban J connectivity index is 2.21. The first-order valence-corrected chi connectivity index (χ1v) is 6.40. The summed E-state index contributed by atoms with van der Waals surface area (Å²) in [6, 6.07) is 1.62. The van der Waals surface area contributed by atoms with Crippen LogP contribution in [-0.2, 0) is 20.7 Å². The van der Waals surface area contributed by atoms with Crippen LogP contribution in [0.5, 0.6) is 0 Å². The van der Waals surface area contributed by atoms with Gasteiger partial charge in [-0.25, -0.2) is 4.79 Å². The number of carbonyl (C=O) groups is 2. The van der Waals surface area contributed by atoms with Gasteiger partial charge in [-0.05, 0) is 18.9 Å². The van der Waals surface area contributed by atoms with E-state index < -0.39 is 0 Å². The molecule has 0 spiro atoms. The first-order valence-electron chi connectivity index (χ1n) is 6.40. The Hall–Kier alpha value is -1.78. The molecule has 5 heteroatoms. The summed E-state index contributed by atoms with van der Waals surface area (Å²) in [5, 5.41) is 0. The smallest absolute Gasteiger partial charge is 0.341 e. The van der Waals surface area contributed by atoms with Crippen LogP contribution in [0.15, 0.2) is 16.7 Å². The van der Waals surface area contributed by atoms with Crippen LogP contribution in [0.4, 0.5) is 0 Å². The minimum atomic E-state index is -0.366. The van der Waals surface area contributed by atoms with Crippen molar-refractivity contribution in [2.75, 3.05) is 14.2 Å². The van der Waals surface area contributed by atoms with Gasteiger partial charge in [-0.3, -0.25) is 4.79 Å². The number of hydrogen-bond donors (Lipinski definition) is 0. The van der Waals surface area contributed by atoms with Gasteiger partial charge in [0.05, 0.1) is 20.5 Å². The molecule has 106 valence electrons. The summed E-state index contributed by atoms with van der Waals surface area (Å²) in [7, 11) is 2.75. The molecule has 19 heavy (non-hydrogen) atoms. The first-order chi connectivity index (χ1) is 9.19. The highest BCUT2D eigenvalue weighted by atomic mass is 16.5. The third kappa shape index (κ3) is 5.16. The van der Waals surface area contributed by atoms with E-state index in [0.29, 0.717) is 24.2 Å². The van der Waals surface area contributed by atoms with Crippen LogP contribution in [0.1, 0.15) is 48.2 Å². The van der Waals surface area contributed by atoms with Gasteiger partial charge in [-0.2, -0.15) is 0 Å². The molecule has 1 rings (SSSR count). The molecule has 5 nitrogen and oxygen atoms in total. The van der Waals surface area contributed by atoms with E-state index in [1.54, 1.807) is 6.07 Å². The summed E-state index contributed by atoms with van der Waals surface area (Å²) in [5.74, 6) is 0.133. The molecule has 0 aliphatic carbocycles. The Morgan fingerprint density at radius 1 is 1.11 bits per heavy atom. The molecule has 0 saturated heterocycles. The van der Waals surface area contributed by atoms with Crippen LogP contribution in [0.25, 0.3) is 0 Å². The first kappa shape index (κ1) is 15.3. The Morgan fingerprint density at radius 3 is 2.53 bits per heavy atom. The number of furan rings is 1. The van der Waals surface area contributed by atoms with Gasteiger partial charge in [0.1, 0.15) is 11.3 Å². The van der Waals surface area contributed by atoms with Crippen molar-refractivity contribution in [2.45, 2.75) is 38.5 Å². The minimum Gasteiger partial charge on any atom is -0.469 e. The number of rotatable bonds is 8. The highest BCUT2D eigenvalue weighted by molar-refractivity contribution is 5.90. The number of methoxy groups -OCH3 is 2. The van der Waals surface area contributed by atoms with E-state index in [1.165, 1.54) is 20.5 Å². The average Bonchev–Trinajstić information content (AvgIpc) is 2.89. The van der Waals surface area contributed by atoms with Gasteiger partial charge in [-0.1, -0.05) is 12.8 Å². The quantitative estimate of drug-likeness (QED) is 0.535. The molecule has 0 bridgehead atoms. The van der Waals surface area contributed by atoms with Crippen molar-refractivity contribution in [3.8, 4) is 0 Å². The predicted octanol–water partition coefficient (Wildman–Crippen LogP) is 2.73. The second-order valence-electron chi connectivity index (χ2n) is 4.24.